The summed E-state index contributed by atoms with van der Waals surface area (Å²) >= 11 is 1.64. The Morgan fingerprint density at radius 3 is 2.79 bits per heavy atom. The van der Waals surface area contributed by atoms with Gasteiger partial charge < -0.3 is 24.6 Å². The van der Waals surface area contributed by atoms with E-state index in [4.69, 9.17) is 9.47 Å². The summed E-state index contributed by atoms with van der Waals surface area (Å²) < 4.78 is 11.3. The Morgan fingerprint density at radius 1 is 1.31 bits per heavy atom. The van der Waals surface area contributed by atoms with Crippen molar-refractivity contribution in [3.05, 3.63) is 40.3 Å². The molecule has 0 aliphatic carbocycles. The number of aliphatic hydroxyl groups excluding tert-OH is 2. The molecule has 0 unspecified atom stereocenters. The summed E-state index contributed by atoms with van der Waals surface area (Å²) in [7, 11) is 3.70. The minimum absolute atomic E-state index is 0.206. The Hall–Kier alpha value is -1.71. The molecule has 2 heterocycles. The summed E-state index contributed by atoms with van der Waals surface area (Å²) in [5.41, 5.74) is 1.01. The van der Waals surface area contributed by atoms with Gasteiger partial charge >= 0.3 is 0 Å². The molecule has 1 aliphatic rings. The number of benzene rings is 1. The van der Waals surface area contributed by atoms with Gasteiger partial charge in [-0.2, -0.15) is 0 Å². The summed E-state index contributed by atoms with van der Waals surface area (Å²) in [6.07, 6.45) is 2.57. The lowest BCUT2D eigenvalue weighted by Gasteiger charge is -2.31. The summed E-state index contributed by atoms with van der Waals surface area (Å²) in [4.78, 5) is 8.70. The molecule has 3 rings (SSSR count). The number of thiazole rings is 1. The van der Waals surface area contributed by atoms with Gasteiger partial charge in [-0.05, 0) is 38.1 Å². The largest absolute Gasteiger partial charge is 0.497 e. The van der Waals surface area contributed by atoms with Crippen LogP contribution in [0.15, 0.2) is 29.8 Å². The van der Waals surface area contributed by atoms with Gasteiger partial charge in [0.2, 0.25) is 0 Å². The molecule has 1 aliphatic heterocycles. The van der Waals surface area contributed by atoms with Crippen LogP contribution in [0.2, 0.25) is 0 Å². The van der Waals surface area contributed by atoms with E-state index >= 15 is 0 Å². The van der Waals surface area contributed by atoms with Gasteiger partial charge in [0.05, 0.1) is 19.8 Å². The van der Waals surface area contributed by atoms with Crippen LogP contribution in [-0.2, 0) is 13.1 Å². The van der Waals surface area contributed by atoms with Crippen LogP contribution < -0.4 is 9.47 Å². The van der Waals surface area contributed by atoms with Crippen molar-refractivity contribution >= 4 is 11.3 Å². The highest BCUT2D eigenvalue weighted by Crippen LogP contribution is 2.26. The fourth-order valence-electron chi connectivity index (χ4n) is 3.49. The molecular weight excluding hydrogens is 390 g/mol. The van der Waals surface area contributed by atoms with E-state index in [2.05, 4.69) is 14.8 Å². The molecule has 0 radical (unpaired) electrons. The zero-order chi connectivity index (χ0) is 20.6. The van der Waals surface area contributed by atoms with Crippen molar-refractivity contribution in [1.82, 2.24) is 14.8 Å². The summed E-state index contributed by atoms with van der Waals surface area (Å²) in [5, 5.41) is 23.1. The van der Waals surface area contributed by atoms with Gasteiger partial charge in [-0.15, -0.1) is 11.3 Å². The fraction of sp³-hybridized carbons (Fsp3) is 0.571. The van der Waals surface area contributed by atoms with E-state index in [9.17, 15) is 10.2 Å². The Kier molecular flexibility index (Phi) is 8.26. The third-order valence-electron chi connectivity index (χ3n) is 5.05. The maximum absolute atomic E-state index is 10.4. The van der Waals surface area contributed by atoms with Gasteiger partial charge in [-0.25, -0.2) is 4.98 Å². The van der Waals surface area contributed by atoms with E-state index < -0.39 is 6.10 Å². The second-order valence-electron chi connectivity index (χ2n) is 7.57. The number of ether oxygens (including phenoxy) is 2. The maximum Gasteiger partial charge on any atom is 0.124 e. The van der Waals surface area contributed by atoms with Gasteiger partial charge in [0.1, 0.15) is 29.2 Å². The molecule has 0 spiro atoms. The third kappa shape index (κ3) is 6.94. The van der Waals surface area contributed by atoms with E-state index in [-0.39, 0.29) is 12.7 Å². The number of hydrogen-bond donors (Lipinski definition) is 2. The first-order valence-corrected chi connectivity index (χ1v) is 10.9. The van der Waals surface area contributed by atoms with Gasteiger partial charge in [0.15, 0.2) is 0 Å². The molecule has 2 aromatic rings. The molecule has 29 heavy (non-hydrogen) atoms. The van der Waals surface area contributed by atoms with Crippen LogP contribution in [0.4, 0.5) is 0 Å². The monoisotopic (exact) mass is 421 g/mol. The molecule has 0 saturated carbocycles. The number of nitrogens with zero attached hydrogens (tertiary/aromatic N) is 3. The van der Waals surface area contributed by atoms with Gasteiger partial charge in [-0.1, -0.05) is 0 Å². The van der Waals surface area contributed by atoms with Crippen LogP contribution in [0.5, 0.6) is 11.5 Å². The predicted molar refractivity (Wildman–Crippen MR) is 113 cm³/mol. The zero-order valence-corrected chi connectivity index (χ0v) is 18.0. The SMILES string of the molecule is COc1ccc(OC[C@H](O)CN2CCC(O)CC2)c(CN(C)Cc2nccs2)c1. The van der Waals surface area contributed by atoms with E-state index in [0.29, 0.717) is 13.1 Å². The van der Waals surface area contributed by atoms with Crippen LogP contribution in [0, 0.1) is 0 Å². The minimum Gasteiger partial charge on any atom is -0.497 e. The van der Waals surface area contributed by atoms with E-state index in [1.54, 1.807) is 18.4 Å². The number of aromatic nitrogens is 1. The number of aliphatic hydroxyl groups is 2. The van der Waals surface area contributed by atoms with Gasteiger partial charge in [0, 0.05) is 43.3 Å². The molecule has 8 heteroatoms. The van der Waals surface area contributed by atoms with E-state index in [1.165, 1.54) is 0 Å². The summed E-state index contributed by atoms with van der Waals surface area (Å²) in [6, 6.07) is 5.75. The topological polar surface area (TPSA) is 78.3 Å². The molecule has 7 nitrogen and oxygen atoms in total. The molecule has 0 amide bonds. The lowest BCUT2D eigenvalue weighted by atomic mass is 10.1. The smallest absolute Gasteiger partial charge is 0.124 e. The highest BCUT2D eigenvalue weighted by Gasteiger charge is 2.20. The Labute approximate surface area is 176 Å². The van der Waals surface area contributed by atoms with Crippen LogP contribution in [0.3, 0.4) is 0 Å². The highest BCUT2D eigenvalue weighted by atomic mass is 32.1. The summed E-state index contributed by atoms with van der Waals surface area (Å²) in [5.74, 6) is 1.53. The van der Waals surface area contributed by atoms with Crippen molar-refractivity contribution in [3.63, 3.8) is 0 Å². The Balaban J connectivity index is 1.56. The van der Waals surface area contributed by atoms with Crippen molar-refractivity contribution in [2.24, 2.45) is 0 Å². The minimum atomic E-state index is -0.576. The average molecular weight is 422 g/mol. The number of piperidine rings is 1. The first-order valence-electron chi connectivity index (χ1n) is 9.98. The first kappa shape index (κ1) is 22.0. The zero-order valence-electron chi connectivity index (χ0n) is 17.2. The van der Waals surface area contributed by atoms with E-state index in [0.717, 1.165) is 54.5 Å². The lowest BCUT2D eigenvalue weighted by Crippen LogP contribution is -2.41. The van der Waals surface area contributed by atoms with Crippen LogP contribution in [-0.4, -0.2) is 77.6 Å². The number of hydrogen-bond acceptors (Lipinski definition) is 8. The number of likely N-dealkylation sites (tertiary alicyclic amines) is 1. The molecule has 2 N–H and O–H groups in total. The first-order chi connectivity index (χ1) is 14.0. The van der Waals surface area contributed by atoms with Crippen molar-refractivity contribution in [2.45, 2.75) is 38.1 Å². The lowest BCUT2D eigenvalue weighted by molar-refractivity contribution is 0.0335. The average Bonchev–Trinajstić information content (AvgIpc) is 3.21. The molecule has 0 bridgehead atoms. The Bertz CT molecular complexity index is 736. The second kappa shape index (κ2) is 10.9. The van der Waals surface area contributed by atoms with Crippen LogP contribution in [0.25, 0.3) is 0 Å². The molecule has 1 aromatic carbocycles. The quantitative estimate of drug-likeness (QED) is 0.607. The molecule has 1 aromatic heterocycles. The molecule has 160 valence electrons. The highest BCUT2D eigenvalue weighted by molar-refractivity contribution is 7.09. The van der Waals surface area contributed by atoms with Crippen molar-refractivity contribution in [2.75, 3.05) is 40.4 Å². The number of methoxy groups -OCH3 is 1. The van der Waals surface area contributed by atoms with Gasteiger partial charge in [-0.3, -0.25) is 4.90 Å². The van der Waals surface area contributed by atoms with Gasteiger partial charge in [0.25, 0.3) is 0 Å². The van der Waals surface area contributed by atoms with Crippen LogP contribution in [0.1, 0.15) is 23.4 Å². The molecule has 1 fully saturated rings. The fourth-order valence-corrected chi connectivity index (χ4v) is 4.19. The molecule has 1 atom stereocenters. The second-order valence-corrected chi connectivity index (χ2v) is 8.55. The van der Waals surface area contributed by atoms with E-state index in [1.807, 2.05) is 36.8 Å². The van der Waals surface area contributed by atoms with Crippen molar-refractivity contribution in [3.8, 4) is 11.5 Å². The normalized spacial score (nSPS) is 16.9. The number of β-amino-alcohol motifs (C(OH)–C–C–N with tert-alkyl or cyclic N) is 1. The summed E-state index contributed by atoms with van der Waals surface area (Å²) in [6.45, 7) is 3.86. The van der Waals surface area contributed by atoms with Crippen molar-refractivity contribution < 1.29 is 19.7 Å². The molecule has 1 saturated heterocycles. The predicted octanol–water partition coefficient (Wildman–Crippen LogP) is 1.98. The van der Waals surface area contributed by atoms with Crippen LogP contribution >= 0.6 is 11.3 Å². The number of rotatable bonds is 10. The third-order valence-corrected chi connectivity index (χ3v) is 5.82. The Morgan fingerprint density at radius 2 is 2.10 bits per heavy atom. The van der Waals surface area contributed by atoms with Crippen molar-refractivity contribution in [1.29, 1.82) is 0 Å². The maximum atomic E-state index is 10.4. The standard InChI is InChI=1S/C21H31N3O4S/c1-23(14-21-22-7-10-29-21)12-16-11-19(27-2)3-4-20(16)28-15-18(26)13-24-8-5-17(25)6-9-24/h3-4,7,10-11,17-18,25-26H,5-6,8-9,12-15H2,1-2H3/t18-/m1/s1. The molecular formula is C21H31N3O4S.